The summed E-state index contributed by atoms with van der Waals surface area (Å²) in [6, 6.07) is 8.01. The van der Waals surface area contributed by atoms with Gasteiger partial charge < -0.3 is 10.1 Å². The fourth-order valence-corrected chi connectivity index (χ4v) is 3.04. The van der Waals surface area contributed by atoms with Crippen molar-refractivity contribution >= 4 is 5.91 Å². The van der Waals surface area contributed by atoms with E-state index >= 15 is 0 Å². The Balaban J connectivity index is 2.07. The molecule has 17 heavy (non-hydrogen) atoms. The van der Waals surface area contributed by atoms with E-state index in [4.69, 9.17) is 4.74 Å². The first kappa shape index (κ1) is 10.6. The minimum Gasteiger partial charge on any atom is -0.470 e. The Morgan fingerprint density at radius 3 is 2.65 bits per heavy atom. The fraction of sp³-hybridized carbons (Fsp3) is 0.500. The average molecular weight is 231 g/mol. The minimum atomic E-state index is -0.177. The first-order chi connectivity index (χ1) is 7.98. The number of carbonyl (C=O) groups excluding carboxylic acids is 1. The van der Waals surface area contributed by atoms with Crippen molar-refractivity contribution in [1.29, 1.82) is 0 Å². The smallest absolute Gasteiger partial charge is 0.227 e. The van der Waals surface area contributed by atoms with Crippen LogP contribution < -0.4 is 10.1 Å². The van der Waals surface area contributed by atoms with Crippen molar-refractivity contribution < 1.29 is 9.53 Å². The molecular weight excluding hydrogens is 214 g/mol. The second kappa shape index (κ2) is 3.25. The fourth-order valence-electron chi connectivity index (χ4n) is 3.04. The number of fused-ring (bicyclic) bond motifs is 3. The van der Waals surface area contributed by atoms with Gasteiger partial charge in [0.25, 0.3) is 0 Å². The van der Waals surface area contributed by atoms with Gasteiger partial charge in [0.1, 0.15) is 5.75 Å². The average Bonchev–Trinajstić information content (AvgIpc) is 2.70. The number of benzene rings is 1. The van der Waals surface area contributed by atoms with Gasteiger partial charge in [-0.15, -0.1) is 0 Å². The summed E-state index contributed by atoms with van der Waals surface area (Å²) in [4.78, 5) is 12.1. The molecule has 1 aromatic carbocycles. The number of carbonyl (C=O) groups is 1. The third-order valence-corrected chi connectivity index (χ3v) is 3.72. The number of amides is 1. The van der Waals surface area contributed by atoms with Crippen molar-refractivity contribution in [2.24, 2.45) is 11.3 Å². The van der Waals surface area contributed by atoms with Crippen molar-refractivity contribution in [3.05, 3.63) is 29.8 Å². The lowest BCUT2D eigenvalue weighted by molar-refractivity contribution is -0.125. The lowest BCUT2D eigenvalue weighted by Gasteiger charge is -2.28. The van der Waals surface area contributed by atoms with Gasteiger partial charge in [-0.25, -0.2) is 0 Å². The molecule has 2 aliphatic heterocycles. The zero-order valence-electron chi connectivity index (χ0n) is 10.4. The summed E-state index contributed by atoms with van der Waals surface area (Å²) in [5, 5.41) is 2.96. The Kier molecular flexibility index (Phi) is 2.03. The molecule has 2 aliphatic rings. The molecule has 1 saturated heterocycles. The Morgan fingerprint density at radius 2 is 1.94 bits per heavy atom. The largest absolute Gasteiger partial charge is 0.470 e. The van der Waals surface area contributed by atoms with Crippen LogP contribution in [-0.2, 0) is 4.79 Å². The number of para-hydroxylation sites is 1. The van der Waals surface area contributed by atoms with Gasteiger partial charge in [-0.1, -0.05) is 39.0 Å². The second-order valence-electron chi connectivity index (χ2n) is 5.95. The monoisotopic (exact) mass is 231 g/mol. The van der Waals surface area contributed by atoms with E-state index in [0.29, 0.717) is 0 Å². The molecule has 1 N–H and O–H groups in total. The Bertz CT molecular complexity index is 475. The standard InChI is InChI=1S/C14H17NO2/c1-14(2,3)11-10-8-6-4-5-7-9(8)17-13(10)15-12(11)16/h4-7,10-11,13H,1-3H3,(H,15,16). The van der Waals surface area contributed by atoms with Gasteiger partial charge in [-0.3, -0.25) is 4.79 Å². The summed E-state index contributed by atoms with van der Waals surface area (Å²) in [5.74, 6) is 1.16. The van der Waals surface area contributed by atoms with Gasteiger partial charge in [0.2, 0.25) is 5.91 Å². The predicted molar refractivity (Wildman–Crippen MR) is 64.7 cm³/mol. The molecule has 90 valence electrons. The molecule has 0 radical (unpaired) electrons. The van der Waals surface area contributed by atoms with E-state index in [1.807, 2.05) is 18.2 Å². The summed E-state index contributed by atoms with van der Waals surface area (Å²) < 4.78 is 5.79. The Morgan fingerprint density at radius 1 is 1.24 bits per heavy atom. The van der Waals surface area contributed by atoms with Crippen LogP contribution in [0.25, 0.3) is 0 Å². The van der Waals surface area contributed by atoms with Crippen molar-refractivity contribution in [2.75, 3.05) is 0 Å². The van der Waals surface area contributed by atoms with Crippen LogP contribution in [0.4, 0.5) is 0 Å². The summed E-state index contributed by atoms with van der Waals surface area (Å²) >= 11 is 0. The van der Waals surface area contributed by atoms with Crippen molar-refractivity contribution in [3.8, 4) is 5.75 Å². The number of hydrogen-bond donors (Lipinski definition) is 1. The molecule has 1 amide bonds. The SMILES string of the molecule is CC(C)(C)C1C(=O)NC2Oc3ccccc3C21. The highest BCUT2D eigenvalue weighted by molar-refractivity contribution is 5.84. The van der Waals surface area contributed by atoms with Crippen LogP contribution in [0.5, 0.6) is 5.75 Å². The van der Waals surface area contributed by atoms with Crippen LogP contribution in [0.3, 0.4) is 0 Å². The highest BCUT2D eigenvalue weighted by atomic mass is 16.5. The highest BCUT2D eigenvalue weighted by Gasteiger charge is 2.53. The van der Waals surface area contributed by atoms with Gasteiger partial charge in [0.05, 0.1) is 11.8 Å². The first-order valence-corrected chi connectivity index (χ1v) is 6.04. The number of ether oxygens (including phenoxy) is 1. The minimum absolute atomic E-state index is 0.0175. The molecule has 3 nitrogen and oxygen atoms in total. The summed E-state index contributed by atoms with van der Waals surface area (Å²) in [6.07, 6.45) is -0.177. The molecule has 1 aromatic rings. The van der Waals surface area contributed by atoms with Gasteiger partial charge in [0.15, 0.2) is 6.23 Å². The molecular formula is C14H17NO2. The Labute approximate surface area is 101 Å². The van der Waals surface area contributed by atoms with Crippen LogP contribution in [0.15, 0.2) is 24.3 Å². The quantitative estimate of drug-likeness (QED) is 0.744. The molecule has 3 rings (SSSR count). The zero-order valence-corrected chi connectivity index (χ0v) is 10.4. The molecule has 3 heteroatoms. The third kappa shape index (κ3) is 1.45. The summed E-state index contributed by atoms with van der Waals surface area (Å²) in [7, 11) is 0. The van der Waals surface area contributed by atoms with Crippen molar-refractivity contribution in [2.45, 2.75) is 32.9 Å². The van der Waals surface area contributed by atoms with E-state index in [2.05, 4.69) is 32.2 Å². The van der Waals surface area contributed by atoms with Crippen LogP contribution in [0.2, 0.25) is 0 Å². The summed E-state index contributed by atoms with van der Waals surface area (Å²) in [6.45, 7) is 6.34. The van der Waals surface area contributed by atoms with E-state index in [0.717, 1.165) is 11.3 Å². The Hall–Kier alpha value is -1.51. The van der Waals surface area contributed by atoms with Crippen molar-refractivity contribution in [3.63, 3.8) is 0 Å². The van der Waals surface area contributed by atoms with Crippen LogP contribution in [0.1, 0.15) is 32.3 Å². The van der Waals surface area contributed by atoms with E-state index in [9.17, 15) is 4.79 Å². The van der Waals surface area contributed by atoms with Gasteiger partial charge >= 0.3 is 0 Å². The number of nitrogens with one attached hydrogen (secondary N) is 1. The second-order valence-corrected chi connectivity index (χ2v) is 5.95. The molecule has 0 spiro atoms. The van der Waals surface area contributed by atoms with Crippen LogP contribution >= 0.6 is 0 Å². The molecule has 0 bridgehead atoms. The predicted octanol–water partition coefficient (Wildman–Crippen LogP) is 2.28. The van der Waals surface area contributed by atoms with Crippen LogP contribution in [0, 0.1) is 11.3 Å². The normalized spacial score (nSPS) is 30.5. The van der Waals surface area contributed by atoms with E-state index in [1.54, 1.807) is 0 Å². The molecule has 0 aromatic heterocycles. The lowest BCUT2D eigenvalue weighted by atomic mass is 9.72. The van der Waals surface area contributed by atoms with E-state index in [-0.39, 0.29) is 29.4 Å². The molecule has 0 aliphatic carbocycles. The first-order valence-electron chi connectivity index (χ1n) is 6.04. The lowest BCUT2D eigenvalue weighted by Crippen LogP contribution is -2.32. The molecule has 0 saturated carbocycles. The maximum atomic E-state index is 12.1. The maximum Gasteiger partial charge on any atom is 0.227 e. The number of rotatable bonds is 0. The van der Waals surface area contributed by atoms with Crippen LogP contribution in [-0.4, -0.2) is 12.1 Å². The zero-order chi connectivity index (χ0) is 12.2. The highest BCUT2D eigenvalue weighted by Crippen LogP contribution is 2.50. The van der Waals surface area contributed by atoms with Gasteiger partial charge in [-0.2, -0.15) is 0 Å². The van der Waals surface area contributed by atoms with Crippen molar-refractivity contribution in [1.82, 2.24) is 5.32 Å². The molecule has 2 heterocycles. The van der Waals surface area contributed by atoms with E-state index in [1.165, 1.54) is 0 Å². The van der Waals surface area contributed by atoms with Gasteiger partial charge in [0, 0.05) is 5.56 Å². The molecule has 3 atom stereocenters. The maximum absolute atomic E-state index is 12.1. The van der Waals surface area contributed by atoms with Gasteiger partial charge in [-0.05, 0) is 11.5 Å². The number of hydrogen-bond acceptors (Lipinski definition) is 2. The molecule has 3 unspecified atom stereocenters. The molecule has 1 fully saturated rings. The summed E-state index contributed by atoms with van der Waals surface area (Å²) in [5.41, 5.74) is 1.11. The van der Waals surface area contributed by atoms with E-state index < -0.39 is 0 Å². The topological polar surface area (TPSA) is 38.3 Å². The third-order valence-electron chi connectivity index (χ3n) is 3.72.